The second-order valence-corrected chi connectivity index (χ2v) is 9.82. The molecular weight excluding hydrogens is 524 g/mol. The summed E-state index contributed by atoms with van der Waals surface area (Å²) in [5.41, 5.74) is 9.08. The SMILES string of the molecule is CCn1nc(C)cc1C(=O)Nc1nc2cc(C(N)=O)cc3c2n1[C@@H](CCCCNC(=O)/C=C/c1ccncc1)CO3. The molecule has 4 aromatic rings. The highest BCUT2D eigenvalue weighted by Crippen LogP contribution is 2.38. The van der Waals surface area contributed by atoms with E-state index in [1.807, 2.05) is 30.5 Å². The number of ether oxygens (including phenoxy) is 1. The van der Waals surface area contributed by atoms with Gasteiger partial charge in [-0.05, 0) is 75.1 Å². The number of anilines is 1. The number of carbonyl (C=O) groups excluding carboxylic acids is 3. The van der Waals surface area contributed by atoms with Gasteiger partial charge in [0.15, 0.2) is 0 Å². The second-order valence-electron chi connectivity index (χ2n) is 9.82. The van der Waals surface area contributed by atoms with Crippen molar-refractivity contribution in [2.75, 3.05) is 18.5 Å². The fourth-order valence-corrected chi connectivity index (χ4v) is 4.92. The number of nitrogens with two attached hydrogens (primary N) is 1. The summed E-state index contributed by atoms with van der Waals surface area (Å²) in [7, 11) is 0. The largest absolute Gasteiger partial charge is 0.489 e. The fraction of sp³-hybridized carbons (Fsp3) is 0.310. The van der Waals surface area contributed by atoms with E-state index in [4.69, 9.17) is 10.5 Å². The number of nitrogens with zero attached hydrogens (tertiary/aromatic N) is 5. The van der Waals surface area contributed by atoms with Crippen LogP contribution >= 0.6 is 0 Å². The van der Waals surface area contributed by atoms with Gasteiger partial charge in [-0.1, -0.05) is 0 Å². The lowest BCUT2D eigenvalue weighted by Crippen LogP contribution is -2.26. The predicted octanol–water partition coefficient (Wildman–Crippen LogP) is 3.24. The van der Waals surface area contributed by atoms with E-state index in [0.29, 0.717) is 48.1 Å². The van der Waals surface area contributed by atoms with E-state index in [2.05, 4.69) is 25.7 Å². The Hall–Kier alpha value is -5.00. The van der Waals surface area contributed by atoms with E-state index >= 15 is 0 Å². The molecule has 0 radical (unpaired) electrons. The van der Waals surface area contributed by atoms with Crippen LogP contribution in [0.4, 0.5) is 5.95 Å². The van der Waals surface area contributed by atoms with Crippen molar-refractivity contribution in [3.05, 3.63) is 71.3 Å². The molecule has 4 heterocycles. The van der Waals surface area contributed by atoms with Crippen molar-refractivity contribution >= 4 is 40.8 Å². The Bertz CT molecular complexity index is 1620. The molecule has 1 aliphatic rings. The minimum atomic E-state index is -0.589. The highest BCUT2D eigenvalue weighted by molar-refractivity contribution is 6.04. The number of rotatable bonds is 11. The van der Waals surface area contributed by atoms with Crippen molar-refractivity contribution in [1.82, 2.24) is 29.6 Å². The first-order valence-electron chi connectivity index (χ1n) is 13.5. The van der Waals surface area contributed by atoms with Crippen molar-refractivity contribution in [1.29, 1.82) is 0 Å². The molecule has 0 aliphatic carbocycles. The number of primary amides is 1. The smallest absolute Gasteiger partial charge is 0.276 e. The van der Waals surface area contributed by atoms with Gasteiger partial charge in [0.1, 0.15) is 23.6 Å². The molecular formula is C29H32N8O4. The summed E-state index contributed by atoms with van der Waals surface area (Å²) in [5.74, 6) is -0.234. The van der Waals surface area contributed by atoms with Crippen LogP contribution in [-0.2, 0) is 11.3 Å². The number of hydrogen-bond donors (Lipinski definition) is 3. The summed E-state index contributed by atoms with van der Waals surface area (Å²) in [4.78, 5) is 46.0. The van der Waals surface area contributed by atoms with Gasteiger partial charge in [-0.2, -0.15) is 5.10 Å². The lowest BCUT2D eigenvalue weighted by atomic mass is 10.1. The number of amides is 3. The molecule has 1 atom stereocenters. The number of benzene rings is 1. The molecule has 1 aromatic carbocycles. The van der Waals surface area contributed by atoms with Gasteiger partial charge in [-0.15, -0.1) is 0 Å². The zero-order valence-corrected chi connectivity index (χ0v) is 23.0. The highest BCUT2D eigenvalue weighted by Gasteiger charge is 2.29. The Morgan fingerprint density at radius 3 is 2.73 bits per heavy atom. The summed E-state index contributed by atoms with van der Waals surface area (Å²) in [6, 6.07) is 8.47. The molecule has 4 N–H and O–H groups in total. The van der Waals surface area contributed by atoms with E-state index in [9.17, 15) is 14.4 Å². The molecule has 0 saturated carbocycles. The normalized spacial score (nSPS) is 14.2. The average molecular weight is 557 g/mol. The lowest BCUT2D eigenvalue weighted by Gasteiger charge is -2.27. The summed E-state index contributed by atoms with van der Waals surface area (Å²) in [5, 5.41) is 10.2. The summed E-state index contributed by atoms with van der Waals surface area (Å²) < 4.78 is 9.64. The average Bonchev–Trinajstić information content (AvgIpc) is 3.54. The number of aryl methyl sites for hydroxylation is 2. The fourth-order valence-electron chi connectivity index (χ4n) is 4.92. The Morgan fingerprint density at radius 2 is 1.98 bits per heavy atom. The first-order valence-corrected chi connectivity index (χ1v) is 13.5. The molecule has 212 valence electrons. The molecule has 0 fully saturated rings. The number of pyridine rings is 1. The standard InChI is InChI=1S/C29H32N8O4/c1-3-36-23(14-18(2)35-36)28(40)34-29-33-22-15-20(27(30)39)16-24-26(22)37(29)21(17-41-24)6-4-5-11-32-25(38)8-7-19-9-12-31-13-10-19/h7-10,12-16,21H,3-6,11,17H2,1-2H3,(H2,30,39)(H,32,38)(H,33,34,40)/b8-7+/t21-/m0/s1. The van der Waals surface area contributed by atoms with Crippen LogP contribution in [0.15, 0.2) is 48.8 Å². The molecule has 0 spiro atoms. The summed E-state index contributed by atoms with van der Waals surface area (Å²) in [6.07, 6.45) is 8.87. The number of nitrogens with one attached hydrogen (secondary N) is 2. The zero-order valence-electron chi connectivity index (χ0n) is 23.0. The van der Waals surface area contributed by atoms with E-state index < -0.39 is 5.91 Å². The van der Waals surface area contributed by atoms with E-state index in [1.54, 1.807) is 41.4 Å². The van der Waals surface area contributed by atoms with Gasteiger partial charge >= 0.3 is 0 Å². The minimum absolute atomic E-state index is 0.123. The van der Waals surface area contributed by atoms with Gasteiger partial charge in [-0.3, -0.25) is 29.4 Å². The molecule has 0 unspecified atom stereocenters. The van der Waals surface area contributed by atoms with Gasteiger partial charge in [0.2, 0.25) is 17.8 Å². The molecule has 12 heteroatoms. The number of hydrogen-bond acceptors (Lipinski definition) is 7. The van der Waals surface area contributed by atoms with E-state index in [1.165, 1.54) is 6.08 Å². The maximum Gasteiger partial charge on any atom is 0.276 e. The van der Waals surface area contributed by atoms with Crippen molar-refractivity contribution in [2.24, 2.45) is 5.73 Å². The maximum absolute atomic E-state index is 13.3. The lowest BCUT2D eigenvalue weighted by molar-refractivity contribution is -0.116. The Labute approximate surface area is 236 Å². The molecule has 3 aromatic heterocycles. The minimum Gasteiger partial charge on any atom is -0.489 e. The molecule has 41 heavy (non-hydrogen) atoms. The number of unbranched alkanes of at least 4 members (excludes halogenated alkanes) is 1. The van der Waals surface area contributed by atoms with E-state index in [0.717, 1.165) is 30.5 Å². The topological polar surface area (TPSA) is 159 Å². The Morgan fingerprint density at radius 1 is 1.17 bits per heavy atom. The van der Waals surface area contributed by atoms with Crippen LogP contribution in [0.5, 0.6) is 5.75 Å². The van der Waals surface area contributed by atoms with Crippen LogP contribution in [0.1, 0.15) is 64.3 Å². The Kier molecular flexibility index (Phi) is 8.09. The number of carbonyl (C=O) groups is 3. The maximum atomic E-state index is 13.3. The quantitative estimate of drug-likeness (QED) is 0.189. The highest BCUT2D eigenvalue weighted by atomic mass is 16.5. The zero-order chi connectivity index (χ0) is 28.9. The van der Waals surface area contributed by atoms with Gasteiger partial charge in [-0.25, -0.2) is 4.98 Å². The molecule has 0 bridgehead atoms. The molecule has 12 nitrogen and oxygen atoms in total. The van der Waals surface area contributed by atoms with E-state index in [-0.39, 0.29) is 23.4 Å². The van der Waals surface area contributed by atoms with Crippen molar-refractivity contribution in [3.8, 4) is 5.75 Å². The summed E-state index contributed by atoms with van der Waals surface area (Å²) >= 11 is 0. The van der Waals surface area contributed by atoms with Crippen LogP contribution in [0.2, 0.25) is 0 Å². The Balaban J connectivity index is 1.29. The van der Waals surface area contributed by atoms with Crippen LogP contribution in [0.25, 0.3) is 17.1 Å². The third-order valence-corrected chi connectivity index (χ3v) is 6.89. The number of aromatic nitrogens is 5. The second kappa shape index (κ2) is 12.0. The molecule has 1 aliphatic heterocycles. The third kappa shape index (κ3) is 6.11. The first-order chi connectivity index (χ1) is 19.8. The van der Waals surface area contributed by atoms with Crippen LogP contribution in [-0.4, -0.2) is 55.2 Å². The monoisotopic (exact) mass is 556 g/mol. The first kappa shape index (κ1) is 27.6. The third-order valence-electron chi connectivity index (χ3n) is 6.89. The summed E-state index contributed by atoms with van der Waals surface area (Å²) in [6.45, 7) is 5.15. The van der Waals surface area contributed by atoms with Crippen molar-refractivity contribution < 1.29 is 19.1 Å². The van der Waals surface area contributed by atoms with Gasteiger partial charge in [0.05, 0.1) is 17.3 Å². The predicted molar refractivity (Wildman–Crippen MR) is 154 cm³/mol. The van der Waals surface area contributed by atoms with Crippen LogP contribution in [0, 0.1) is 6.92 Å². The molecule has 5 rings (SSSR count). The van der Waals surface area contributed by atoms with Gasteiger partial charge in [0.25, 0.3) is 5.91 Å². The van der Waals surface area contributed by atoms with Crippen LogP contribution < -0.4 is 21.1 Å². The van der Waals surface area contributed by atoms with Crippen molar-refractivity contribution in [2.45, 2.75) is 45.7 Å². The molecule has 0 saturated heterocycles. The van der Waals surface area contributed by atoms with Gasteiger partial charge < -0.3 is 20.4 Å². The van der Waals surface area contributed by atoms with Crippen LogP contribution in [0.3, 0.4) is 0 Å². The van der Waals surface area contributed by atoms with Crippen molar-refractivity contribution in [3.63, 3.8) is 0 Å². The molecule has 3 amide bonds. The van der Waals surface area contributed by atoms with Gasteiger partial charge in [0, 0.05) is 37.1 Å². The number of imidazole rings is 1.